The van der Waals surface area contributed by atoms with Gasteiger partial charge in [0, 0.05) is 5.02 Å². The third-order valence-corrected chi connectivity index (χ3v) is 3.97. The van der Waals surface area contributed by atoms with E-state index in [-0.39, 0.29) is 0 Å². The van der Waals surface area contributed by atoms with Gasteiger partial charge >= 0.3 is 0 Å². The summed E-state index contributed by atoms with van der Waals surface area (Å²) in [4.78, 5) is 0. The van der Waals surface area contributed by atoms with Gasteiger partial charge in [0.15, 0.2) is 0 Å². The van der Waals surface area contributed by atoms with Crippen molar-refractivity contribution >= 4 is 27.5 Å². The molecule has 0 bridgehead atoms. The molecule has 0 N–H and O–H groups in total. The van der Waals surface area contributed by atoms with Gasteiger partial charge in [0.05, 0.1) is 0 Å². The van der Waals surface area contributed by atoms with Crippen LogP contribution in [0.3, 0.4) is 0 Å². The monoisotopic (exact) mass is 374 g/mol. The Morgan fingerprint density at radius 1 is 0.636 bits per heavy atom. The summed E-state index contributed by atoms with van der Waals surface area (Å²) in [6, 6.07) is 22.5. The summed E-state index contributed by atoms with van der Waals surface area (Å²) >= 11 is 9.41. The molecule has 0 aliphatic carbocycles. The number of hydrogen-bond acceptors (Lipinski definition) is 2. The first kappa shape index (κ1) is 14.9. The molecule has 0 aliphatic rings. The first-order chi connectivity index (χ1) is 10.7. The second-order valence-electron chi connectivity index (χ2n) is 4.54. The van der Waals surface area contributed by atoms with Crippen molar-refractivity contribution in [2.45, 2.75) is 0 Å². The molecule has 4 heteroatoms. The molecule has 0 aromatic heterocycles. The Bertz CT molecular complexity index is 758. The molecule has 0 radical (unpaired) electrons. The summed E-state index contributed by atoms with van der Waals surface area (Å²) in [7, 11) is 0. The summed E-state index contributed by atoms with van der Waals surface area (Å²) in [5.41, 5.74) is 0. The van der Waals surface area contributed by atoms with Crippen LogP contribution in [0.5, 0.6) is 23.0 Å². The van der Waals surface area contributed by atoms with Crippen molar-refractivity contribution in [2.75, 3.05) is 0 Å². The molecule has 0 saturated heterocycles. The van der Waals surface area contributed by atoms with Crippen LogP contribution in [0, 0.1) is 0 Å². The zero-order valence-electron chi connectivity index (χ0n) is 11.5. The van der Waals surface area contributed by atoms with Gasteiger partial charge < -0.3 is 9.47 Å². The highest BCUT2D eigenvalue weighted by atomic mass is 79.9. The molecule has 3 aromatic rings. The Kier molecular flexibility index (Phi) is 4.66. The van der Waals surface area contributed by atoms with E-state index >= 15 is 0 Å². The van der Waals surface area contributed by atoms with Crippen LogP contribution >= 0.6 is 27.5 Å². The van der Waals surface area contributed by atoms with E-state index < -0.39 is 0 Å². The lowest BCUT2D eigenvalue weighted by molar-refractivity contribution is 0.455. The molecule has 0 heterocycles. The van der Waals surface area contributed by atoms with Crippen LogP contribution in [-0.2, 0) is 0 Å². The Labute approximate surface area is 142 Å². The summed E-state index contributed by atoms with van der Waals surface area (Å²) < 4.78 is 12.5. The van der Waals surface area contributed by atoms with E-state index in [0.717, 1.165) is 10.2 Å². The quantitative estimate of drug-likeness (QED) is 0.506. The predicted molar refractivity (Wildman–Crippen MR) is 92.2 cm³/mol. The van der Waals surface area contributed by atoms with Crippen molar-refractivity contribution in [1.29, 1.82) is 0 Å². The normalized spacial score (nSPS) is 10.3. The molecule has 0 saturated carbocycles. The van der Waals surface area contributed by atoms with E-state index in [0.29, 0.717) is 22.3 Å². The van der Waals surface area contributed by atoms with Crippen LogP contribution in [0.15, 0.2) is 77.3 Å². The van der Waals surface area contributed by atoms with Gasteiger partial charge in [-0.2, -0.15) is 0 Å². The second-order valence-corrected chi connectivity index (χ2v) is 5.77. The fraction of sp³-hybridized carbons (Fsp3) is 0. The van der Waals surface area contributed by atoms with Gasteiger partial charge in [-0.25, -0.2) is 0 Å². The minimum absolute atomic E-state index is 0.674. The van der Waals surface area contributed by atoms with Gasteiger partial charge in [0.1, 0.15) is 27.5 Å². The second kappa shape index (κ2) is 6.86. The third-order valence-electron chi connectivity index (χ3n) is 2.94. The van der Waals surface area contributed by atoms with E-state index in [2.05, 4.69) is 15.9 Å². The van der Waals surface area contributed by atoms with E-state index in [9.17, 15) is 0 Å². The van der Waals surface area contributed by atoms with Crippen LogP contribution in [-0.4, -0.2) is 0 Å². The number of halogens is 2. The van der Waals surface area contributed by atoms with Crippen molar-refractivity contribution in [2.24, 2.45) is 0 Å². The fourth-order valence-electron chi connectivity index (χ4n) is 1.89. The number of rotatable bonds is 4. The first-order valence-electron chi connectivity index (χ1n) is 6.67. The standard InChI is InChI=1S/C18H12BrClO2/c19-18-16(21-14-5-2-1-3-6-14)7-4-8-17(18)22-15-11-9-13(20)10-12-15/h1-12H. The lowest BCUT2D eigenvalue weighted by Crippen LogP contribution is -1.89. The number of ether oxygens (including phenoxy) is 2. The Morgan fingerprint density at radius 2 is 1.18 bits per heavy atom. The molecule has 0 atom stereocenters. The van der Waals surface area contributed by atoms with Crippen molar-refractivity contribution < 1.29 is 9.47 Å². The molecule has 0 fully saturated rings. The van der Waals surface area contributed by atoms with E-state index in [1.807, 2.05) is 60.7 Å². The van der Waals surface area contributed by atoms with Crippen LogP contribution in [0.2, 0.25) is 5.02 Å². The third kappa shape index (κ3) is 3.62. The van der Waals surface area contributed by atoms with E-state index in [1.54, 1.807) is 12.1 Å². The summed E-state index contributed by atoms with van der Waals surface area (Å²) in [5, 5.41) is 0.674. The lowest BCUT2D eigenvalue weighted by Gasteiger charge is -2.12. The van der Waals surface area contributed by atoms with Gasteiger partial charge in [0.25, 0.3) is 0 Å². The SMILES string of the molecule is Clc1ccc(Oc2cccc(Oc3ccccc3)c2Br)cc1. The van der Waals surface area contributed by atoms with Crippen LogP contribution < -0.4 is 9.47 Å². The molecular formula is C18H12BrClO2. The Balaban J connectivity index is 1.84. The van der Waals surface area contributed by atoms with Crippen LogP contribution in [0.25, 0.3) is 0 Å². The highest BCUT2D eigenvalue weighted by Gasteiger charge is 2.10. The maximum Gasteiger partial charge on any atom is 0.145 e. The number of hydrogen-bond donors (Lipinski definition) is 0. The lowest BCUT2D eigenvalue weighted by atomic mass is 10.3. The average molecular weight is 376 g/mol. The van der Waals surface area contributed by atoms with E-state index in [1.165, 1.54) is 0 Å². The van der Waals surface area contributed by atoms with Crippen molar-refractivity contribution in [3.8, 4) is 23.0 Å². The fourth-order valence-corrected chi connectivity index (χ4v) is 2.45. The van der Waals surface area contributed by atoms with Gasteiger partial charge in [0.2, 0.25) is 0 Å². The summed E-state index contributed by atoms with van der Waals surface area (Å²) in [5.74, 6) is 2.85. The molecule has 0 aliphatic heterocycles. The largest absolute Gasteiger partial charge is 0.456 e. The molecule has 3 aromatic carbocycles. The van der Waals surface area contributed by atoms with Gasteiger partial charge in [-0.15, -0.1) is 0 Å². The first-order valence-corrected chi connectivity index (χ1v) is 7.84. The maximum absolute atomic E-state index is 5.88. The molecular weight excluding hydrogens is 364 g/mol. The van der Waals surface area contributed by atoms with E-state index in [4.69, 9.17) is 21.1 Å². The zero-order valence-corrected chi connectivity index (χ0v) is 13.8. The predicted octanol–water partition coefficient (Wildman–Crippen LogP) is 6.69. The van der Waals surface area contributed by atoms with Crippen molar-refractivity contribution in [3.05, 3.63) is 82.3 Å². The number of para-hydroxylation sites is 1. The van der Waals surface area contributed by atoms with Gasteiger partial charge in [-0.3, -0.25) is 0 Å². The molecule has 0 spiro atoms. The van der Waals surface area contributed by atoms with Crippen LogP contribution in [0.4, 0.5) is 0 Å². The molecule has 2 nitrogen and oxygen atoms in total. The topological polar surface area (TPSA) is 18.5 Å². The molecule has 0 amide bonds. The minimum atomic E-state index is 0.674. The van der Waals surface area contributed by atoms with Crippen LogP contribution in [0.1, 0.15) is 0 Å². The smallest absolute Gasteiger partial charge is 0.145 e. The zero-order chi connectivity index (χ0) is 15.4. The van der Waals surface area contributed by atoms with Crippen molar-refractivity contribution in [1.82, 2.24) is 0 Å². The Morgan fingerprint density at radius 3 is 1.77 bits per heavy atom. The van der Waals surface area contributed by atoms with Crippen molar-refractivity contribution in [3.63, 3.8) is 0 Å². The molecule has 22 heavy (non-hydrogen) atoms. The molecule has 110 valence electrons. The molecule has 0 unspecified atom stereocenters. The Hall–Kier alpha value is -1.97. The number of benzene rings is 3. The summed E-state index contributed by atoms with van der Waals surface area (Å²) in [6.07, 6.45) is 0. The molecule has 3 rings (SSSR count). The highest BCUT2D eigenvalue weighted by Crippen LogP contribution is 2.38. The van der Waals surface area contributed by atoms with Gasteiger partial charge in [-0.05, 0) is 64.5 Å². The minimum Gasteiger partial charge on any atom is -0.456 e. The highest BCUT2D eigenvalue weighted by molar-refractivity contribution is 9.10. The average Bonchev–Trinajstić information content (AvgIpc) is 2.54. The van der Waals surface area contributed by atoms with Gasteiger partial charge in [-0.1, -0.05) is 35.9 Å². The maximum atomic E-state index is 5.88. The summed E-state index contributed by atoms with van der Waals surface area (Å²) in [6.45, 7) is 0.